The molecule has 0 fully saturated rings. The molecule has 2 heteroatoms. The number of hydrogen-bond donors (Lipinski definition) is 0. The van der Waals surface area contributed by atoms with Gasteiger partial charge in [0.05, 0.1) is 0 Å². The molecule has 0 N–H and O–H groups in total. The van der Waals surface area contributed by atoms with E-state index in [2.05, 4.69) is 37.9 Å². The third kappa shape index (κ3) is 1.46. The Kier molecular flexibility index (Phi) is 2.38. The van der Waals surface area contributed by atoms with Crippen molar-refractivity contribution in [1.82, 2.24) is 4.98 Å². The van der Waals surface area contributed by atoms with Crippen molar-refractivity contribution in [2.24, 2.45) is 0 Å². The Labute approximate surface area is 88.4 Å². The standard InChI is InChI=1S/C12H13NS/c1-8-4-5-11(10(3)9(8)2)12-13-6-7-14-12/h4-7H,1-3H3. The van der Waals surface area contributed by atoms with E-state index in [9.17, 15) is 0 Å². The van der Waals surface area contributed by atoms with Crippen LogP contribution in [0.25, 0.3) is 10.6 Å². The van der Waals surface area contributed by atoms with Gasteiger partial charge in [-0.3, -0.25) is 0 Å². The Balaban J connectivity index is 2.61. The quantitative estimate of drug-likeness (QED) is 0.688. The van der Waals surface area contributed by atoms with Crippen molar-refractivity contribution in [2.45, 2.75) is 20.8 Å². The zero-order valence-corrected chi connectivity index (χ0v) is 9.48. The molecule has 72 valence electrons. The summed E-state index contributed by atoms with van der Waals surface area (Å²) in [6, 6.07) is 4.33. The molecule has 0 saturated carbocycles. The molecule has 0 unspecified atom stereocenters. The first-order valence-corrected chi connectivity index (χ1v) is 5.55. The molecule has 2 rings (SSSR count). The van der Waals surface area contributed by atoms with Crippen molar-refractivity contribution in [3.8, 4) is 10.6 Å². The van der Waals surface area contributed by atoms with Gasteiger partial charge in [0.2, 0.25) is 0 Å². The zero-order valence-electron chi connectivity index (χ0n) is 8.66. The Bertz CT molecular complexity index is 444. The molecule has 1 nitrogen and oxygen atoms in total. The molecule has 2 aromatic rings. The monoisotopic (exact) mass is 203 g/mol. The minimum atomic E-state index is 1.12. The number of nitrogens with zero attached hydrogens (tertiary/aromatic N) is 1. The number of aromatic nitrogens is 1. The molecule has 1 aromatic carbocycles. The van der Waals surface area contributed by atoms with Crippen LogP contribution in [-0.2, 0) is 0 Å². The summed E-state index contributed by atoms with van der Waals surface area (Å²) in [6.45, 7) is 6.48. The Morgan fingerprint density at radius 3 is 2.50 bits per heavy atom. The van der Waals surface area contributed by atoms with Crippen LogP contribution in [0.2, 0.25) is 0 Å². The van der Waals surface area contributed by atoms with E-state index < -0.39 is 0 Å². The van der Waals surface area contributed by atoms with Crippen molar-refractivity contribution in [1.29, 1.82) is 0 Å². The van der Waals surface area contributed by atoms with Crippen molar-refractivity contribution in [3.05, 3.63) is 40.4 Å². The molecule has 14 heavy (non-hydrogen) atoms. The van der Waals surface area contributed by atoms with Crippen LogP contribution in [0.15, 0.2) is 23.7 Å². The molecular weight excluding hydrogens is 190 g/mol. The van der Waals surface area contributed by atoms with Crippen molar-refractivity contribution in [3.63, 3.8) is 0 Å². The van der Waals surface area contributed by atoms with E-state index in [4.69, 9.17) is 0 Å². The van der Waals surface area contributed by atoms with Gasteiger partial charge in [-0.25, -0.2) is 4.98 Å². The Morgan fingerprint density at radius 2 is 1.86 bits per heavy atom. The minimum Gasteiger partial charge on any atom is -0.245 e. The molecule has 0 saturated heterocycles. The van der Waals surface area contributed by atoms with Crippen LogP contribution in [0.4, 0.5) is 0 Å². The van der Waals surface area contributed by atoms with Gasteiger partial charge >= 0.3 is 0 Å². The molecule has 0 amide bonds. The molecule has 0 aliphatic carbocycles. The highest BCUT2D eigenvalue weighted by atomic mass is 32.1. The Hall–Kier alpha value is -1.15. The predicted molar refractivity (Wildman–Crippen MR) is 61.8 cm³/mol. The van der Waals surface area contributed by atoms with Crippen molar-refractivity contribution in [2.75, 3.05) is 0 Å². The smallest absolute Gasteiger partial charge is 0.123 e. The minimum absolute atomic E-state index is 1.12. The van der Waals surface area contributed by atoms with E-state index in [1.807, 2.05) is 11.6 Å². The van der Waals surface area contributed by atoms with Crippen LogP contribution < -0.4 is 0 Å². The zero-order chi connectivity index (χ0) is 10.1. The lowest BCUT2D eigenvalue weighted by molar-refractivity contribution is 1.26. The molecule has 0 atom stereocenters. The summed E-state index contributed by atoms with van der Waals surface area (Å²) in [7, 11) is 0. The number of rotatable bonds is 1. The van der Waals surface area contributed by atoms with Crippen LogP contribution in [0.5, 0.6) is 0 Å². The van der Waals surface area contributed by atoms with Gasteiger partial charge in [-0.1, -0.05) is 12.1 Å². The molecule has 1 aromatic heterocycles. The molecule has 0 aliphatic heterocycles. The van der Waals surface area contributed by atoms with Gasteiger partial charge in [-0.05, 0) is 37.5 Å². The Morgan fingerprint density at radius 1 is 1.07 bits per heavy atom. The third-order valence-electron chi connectivity index (χ3n) is 2.72. The second kappa shape index (κ2) is 3.54. The van der Waals surface area contributed by atoms with Gasteiger partial charge in [0.25, 0.3) is 0 Å². The lowest BCUT2D eigenvalue weighted by Gasteiger charge is -2.08. The average Bonchev–Trinajstić information content (AvgIpc) is 2.67. The van der Waals surface area contributed by atoms with Gasteiger partial charge in [0.1, 0.15) is 5.01 Å². The summed E-state index contributed by atoms with van der Waals surface area (Å²) < 4.78 is 0. The first-order chi connectivity index (χ1) is 6.70. The molecular formula is C12H13NS. The predicted octanol–water partition coefficient (Wildman–Crippen LogP) is 3.74. The highest BCUT2D eigenvalue weighted by molar-refractivity contribution is 7.13. The van der Waals surface area contributed by atoms with Crippen LogP contribution in [0.3, 0.4) is 0 Å². The maximum Gasteiger partial charge on any atom is 0.123 e. The first kappa shape index (κ1) is 9.41. The van der Waals surface area contributed by atoms with Gasteiger partial charge in [-0.2, -0.15) is 0 Å². The fourth-order valence-corrected chi connectivity index (χ4v) is 2.26. The topological polar surface area (TPSA) is 12.9 Å². The fraction of sp³-hybridized carbons (Fsp3) is 0.250. The number of thiazole rings is 1. The SMILES string of the molecule is Cc1ccc(-c2nccs2)c(C)c1C. The number of hydrogen-bond acceptors (Lipinski definition) is 2. The van der Waals surface area contributed by atoms with Crippen molar-refractivity contribution >= 4 is 11.3 Å². The van der Waals surface area contributed by atoms with Gasteiger partial charge in [0.15, 0.2) is 0 Å². The lowest BCUT2D eigenvalue weighted by Crippen LogP contribution is -1.89. The maximum absolute atomic E-state index is 4.34. The highest BCUT2D eigenvalue weighted by Gasteiger charge is 2.07. The summed E-state index contributed by atoms with van der Waals surface area (Å²) in [5, 5.41) is 3.13. The van der Waals surface area contributed by atoms with Gasteiger partial charge < -0.3 is 0 Å². The molecule has 0 bridgehead atoms. The van der Waals surface area contributed by atoms with Crippen LogP contribution in [-0.4, -0.2) is 4.98 Å². The number of benzene rings is 1. The van der Waals surface area contributed by atoms with E-state index in [1.54, 1.807) is 11.3 Å². The summed E-state index contributed by atoms with van der Waals surface area (Å²) in [5.41, 5.74) is 5.34. The van der Waals surface area contributed by atoms with Crippen LogP contribution in [0.1, 0.15) is 16.7 Å². The normalized spacial score (nSPS) is 10.5. The molecule has 0 spiro atoms. The van der Waals surface area contributed by atoms with Crippen LogP contribution >= 0.6 is 11.3 Å². The average molecular weight is 203 g/mol. The summed E-state index contributed by atoms with van der Waals surface area (Å²) in [4.78, 5) is 4.34. The van der Waals surface area contributed by atoms with Crippen molar-refractivity contribution < 1.29 is 0 Å². The van der Waals surface area contributed by atoms with Gasteiger partial charge in [-0.15, -0.1) is 11.3 Å². The lowest BCUT2D eigenvalue weighted by atomic mass is 9.99. The third-order valence-corrected chi connectivity index (χ3v) is 3.53. The second-order valence-corrected chi connectivity index (χ2v) is 4.41. The van der Waals surface area contributed by atoms with E-state index in [1.165, 1.54) is 22.3 Å². The first-order valence-electron chi connectivity index (χ1n) is 4.67. The van der Waals surface area contributed by atoms with E-state index in [-0.39, 0.29) is 0 Å². The maximum atomic E-state index is 4.34. The fourth-order valence-electron chi connectivity index (χ4n) is 1.54. The van der Waals surface area contributed by atoms with E-state index in [0.717, 1.165) is 5.01 Å². The summed E-state index contributed by atoms with van der Waals surface area (Å²) >= 11 is 1.69. The molecule has 0 aliphatic rings. The largest absolute Gasteiger partial charge is 0.245 e. The summed E-state index contributed by atoms with van der Waals surface area (Å²) in [5.74, 6) is 0. The molecule has 1 heterocycles. The van der Waals surface area contributed by atoms with E-state index in [0.29, 0.717) is 0 Å². The number of aryl methyl sites for hydroxylation is 1. The van der Waals surface area contributed by atoms with Gasteiger partial charge in [0, 0.05) is 17.1 Å². The second-order valence-electron chi connectivity index (χ2n) is 3.52. The highest BCUT2D eigenvalue weighted by Crippen LogP contribution is 2.28. The molecule has 0 radical (unpaired) electrons. The summed E-state index contributed by atoms with van der Waals surface area (Å²) in [6.07, 6.45) is 1.86. The van der Waals surface area contributed by atoms with E-state index >= 15 is 0 Å². The van der Waals surface area contributed by atoms with Crippen LogP contribution in [0, 0.1) is 20.8 Å².